The van der Waals surface area contributed by atoms with Gasteiger partial charge in [-0.3, -0.25) is 0 Å². The van der Waals surface area contributed by atoms with Gasteiger partial charge in [0.2, 0.25) is 0 Å². The normalized spacial score (nSPS) is 10.8. The molecular formula is C13H16ClN3. The van der Waals surface area contributed by atoms with Crippen molar-refractivity contribution in [1.82, 2.24) is 9.55 Å². The Kier molecular flexibility index (Phi) is 3.50. The lowest BCUT2D eigenvalue weighted by molar-refractivity contribution is 0.799. The molecule has 0 aliphatic carbocycles. The monoisotopic (exact) mass is 249 g/mol. The van der Waals surface area contributed by atoms with Crippen molar-refractivity contribution < 1.29 is 0 Å². The Bertz CT molecular complexity index is 514. The first-order valence-electron chi connectivity index (χ1n) is 5.67. The van der Waals surface area contributed by atoms with Gasteiger partial charge in [0.15, 0.2) is 5.15 Å². The van der Waals surface area contributed by atoms with E-state index in [2.05, 4.69) is 36.2 Å². The van der Waals surface area contributed by atoms with E-state index in [0.717, 1.165) is 23.5 Å². The van der Waals surface area contributed by atoms with E-state index in [-0.39, 0.29) is 0 Å². The largest absolute Gasteiger partial charge is 0.329 e. The van der Waals surface area contributed by atoms with Crippen LogP contribution in [-0.4, -0.2) is 9.55 Å². The van der Waals surface area contributed by atoms with E-state index in [1.54, 1.807) is 0 Å². The smallest absolute Gasteiger partial charge is 0.155 e. The summed E-state index contributed by atoms with van der Waals surface area (Å²) in [5.41, 5.74) is 8.92. The molecular weight excluding hydrogens is 234 g/mol. The molecule has 0 aliphatic heterocycles. The molecule has 2 N–H and O–H groups in total. The average Bonchev–Trinajstić information content (AvgIpc) is 2.64. The number of hydrogen-bond donors (Lipinski definition) is 1. The molecule has 3 nitrogen and oxygen atoms in total. The summed E-state index contributed by atoms with van der Waals surface area (Å²) in [5, 5.41) is 0.511. The number of halogens is 1. The number of hydrogen-bond acceptors (Lipinski definition) is 2. The molecule has 2 rings (SSSR count). The lowest BCUT2D eigenvalue weighted by Crippen LogP contribution is -2.05. The molecule has 0 aliphatic rings. The SMILES string of the molecule is CCc1ccc(-c2c(Cl)nc(CN)n2C)cc1. The van der Waals surface area contributed by atoms with Crippen molar-refractivity contribution in [2.75, 3.05) is 0 Å². The van der Waals surface area contributed by atoms with Crippen LogP contribution in [0.3, 0.4) is 0 Å². The first-order valence-corrected chi connectivity index (χ1v) is 6.05. The van der Waals surface area contributed by atoms with Gasteiger partial charge in [-0.1, -0.05) is 42.8 Å². The van der Waals surface area contributed by atoms with Crippen LogP contribution in [0.5, 0.6) is 0 Å². The predicted octanol–water partition coefficient (Wildman–Crippen LogP) is 2.76. The summed E-state index contributed by atoms with van der Waals surface area (Å²) in [6.45, 7) is 2.53. The van der Waals surface area contributed by atoms with Crippen molar-refractivity contribution in [3.8, 4) is 11.3 Å². The summed E-state index contributed by atoms with van der Waals surface area (Å²) >= 11 is 6.15. The maximum Gasteiger partial charge on any atom is 0.155 e. The number of aryl methyl sites for hydroxylation is 1. The molecule has 0 fully saturated rings. The van der Waals surface area contributed by atoms with Crippen LogP contribution in [-0.2, 0) is 20.0 Å². The molecule has 4 heteroatoms. The maximum absolute atomic E-state index is 6.15. The third-order valence-electron chi connectivity index (χ3n) is 2.96. The van der Waals surface area contributed by atoms with Gasteiger partial charge in [0.1, 0.15) is 5.82 Å². The van der Waals surface area contributed by atoms with Gasteiger partial charge in [0.25, 0.3) is 0 Å². The quantitative estimate of drug-likeness (QED) is 0.909. The third kappa shape index (κ3) is 2.21. The zero-order chi connectivity index (χ0) is 12.4. The Morgan fingerprint density at radius 2 is 1.94 bits per heavy atom. The molecule has 0 radical (unpaired) electrons. The minimum Gasteiger partial charge on any atom is -0.329 e. The van der Waals surface area contributed by atoms with Crippen molar-refractivity contribution >= 4 is 11.6 Å². The molecule has 1 aromatic heterocycles. The van der Waals surface area contributed by atoms with E-state index in [4.69, 9.17) is 17.3 Å². The van der Waals surface area contributed by atoms with Crippen LogP contribution in [0.1, 0.15) is 18.3 Å². The van der Waals surface area contributed by atoms with Crippen LogP contribution in [0.15, 0.2) is 24.3 Å². The molecule has 17 heavy (non-hydrogen) atoms. The van der Waals surface area contributed by atoms with Crippen LogP contribution in [0.25, 0.3) is 11.3 Å². The fourth-order valence-corrected chi connectivity index (χ4v) is 2.24. The topological polar surface area (TPSA) is 43.8 Å². The van der Waals surface area contributed by atoms with Crippen LogP contribution in [0.2, 0.25) is 5.15 Å². The summed E-state index contributed by atoms with van der Waals surface area (Å²) in [5.74, 6) is 0.796. The number of benzene rings is 1. The minimum absolute atomic E-state index is 0.392. The zero-order valence-corrected chi connectivity index (χ0v) is 10.8. The molecule has 0 unspecified atom stereocenters. The van der Waals surface area contributed by atoms with Gasteiger partial charge in [-0.15, -0.1) is 0 Å². The van der Waals surface area contributed by atoms with Crippen LogP contribution < -0.4 is 5.73 Å². The molecule has 0 amide bonds. The summed E-state index contributed by atoms with van der Waals surface area (Å²) < 4.78 is 1.95. The molecule has 0 atom stereocenters. The second-order valence-corrected chi connectivity index (χ2v) is 4.34. The number of rotatable bonds is 3. The van der Waals surface area contributed by atoms with Crippen molar-refractivity contribution in [2.45, 2.75) is 19.9 Å². The Hall–Kier alpha value is -1.32. The van der Waals surface area contributed by atoms with Crippen molar-refractivity contribution in [3.05, 3.63) is 40.8 Å². The fourth-order valence-electron chi connectivity index (χ4n) is 1.90. The summed E-state index contributed by atoms with van der Waals surface area (Å²) in [6, 6.07) is 8.37. The van der Waals surface area contributed by atoms with Crippen LogP contribution in [0, 0.1) is 0 Å². The lowest BCUT2D eigenvalue weighted by atomic mass is 10.1. The lowest BCUT2D eigenvalue weighted by Gasteiger charge is -2.06. The summed E-state index contributed by atoms with van der Waals surface area (Å²) in [6.07, 6.45) is 1.04. The minimum atomic E-state index is 0.392. The maximum atomic E-state index is 6.15. The summed E-state index contributed by atoms with van der Waals surface area (Å²) in [4.78, 5) is 4.25. The van der Waals surface area contributed by atoms with Gasteiger partial charge in [-0.2, -0.15) is 0 Å². The molecule has 0 bridgehead atoms. The Morgan fingerprint density at radius 1 is 1.29 bits per heavy atom. The highest BCUT2D eigenvalue weighted by atomic mass is 35.5. The first-order chi connectivity index (χ1) is 8.17. The highest BCUT2D eigenvalue weighted by Gasteiger charge is 2.13. The second kappa shape index (κ2) is 4.90. The van der Waals surface area contributed by atoms with E-state index < -0.39 is 0 Å². The van der Waals surface area contributed by atoms with Gasteiger partial charge < -0.3 is 10.3 Å². The van der Waals surface area contributed by atoms with Gasteiger partial charge in [0.05, 0.1) is 12.2 Å². The number of nitrogens with zero attached hydrogens (tertiary/aromatic N) is 2. The molecule has 1 aromatic carbocycles. The zero-order valence-electron chi connectivity index (χ0n) is 10.1. The van der Waals surface area contributed by atoms with E-state index in [0.29, 0.717) is 11.7 Å². The standard InChI is InChI=1S/C13H16ClN3/c1-3-9-4-6-10(7-5-9)12-13(14)16-11(8-15)17(12)2/h4-7H,3,8,15H2,1-2H3. The molecule has 90 valence electrons. The fraction of sp³-hybridized carbons (Fsp3) is 0.308. The molecule has 0 saturated carbocycles. The Labute approximate surface area is 106 Å². The van der Waals surface area contributed by atoms with Crippen molar-refractivity contribution in [1.29, 1.82) is 0 Å². The van der Waals surface area contributed by atoms with Gasteiger partial charge in [-0.05, 0) is 12.0 Å². The van der Waals surface area contributed by atoms with Gasteiger partial charge in [-0.25, -0.2) is 4.98 Å². The third-order valence-corrected chi connectivity index (χ3v) is 3.23. The molecule has 0 spiro atoms. The molecule has 0 saturated heterocycles. The highest BCUT2D eigenvalue weighted by Crippen LogP contribution is 2.28. The average molecular weight is 250 g/mol. The van der Waals surface area contributed by atoms with Gasteiger partial charge in [0, 0.05) is 12.6 Å². The van der Waals surface area contributed by atoms with Crippen LogP contribution in [0.4, 0.5) is 0 Å². The van der Waals surface area contributed by atoms with E-state index in [9.17, 15) is 0 Å². The predicted molar refractivity (Wildman–Crippen MR) is 70.9 cm³/mol. The second-order valence-electron chi connectivity index (χ2n) is 3.98. The van der Waals surface area contributed by atoms with E-state index >= 15 is 0 Å². The Balaban J connectivity index is 2.48. The van der Waals surface area contributed by atoms with E-state index in [1.165, 1.54) is 5.56 Å². The number of aromatic nitrogens is 2. The van der Waals surface area contributed by atoms with Gasteiger partial charge >= 0.3 is 0 Å². The van der Waals surface area contributed by atoms with E-state index in [1.807, 2.05) is 11.6 Å². The molecule has 2 aromatic rings. The van der Waals surface area contributed by atoms with Crippen molar-refractivity contribution in [2.24, 2.45) is 12.8 Å². The highest BCUT2D eigenvalue weighted by molar-refractivity contribution is 6.32. The summed E-state index contributed by atoms with van der Waals surface area (Å²) in [7, 11) is 1.93. The molecule has 1 heterocycles. The van der Waals surface area contributed by atoms with Crippen molar-refractivity contribution in [3.63, 3.8) is 0 Å². The Morgan fingerprint density at radius 3 is 2.41 bits per heavy atom. The first kappa shape index (κ1) is 12.1. The number of imidazole rings is 1. The van der Waals surface area contributed by atoms with Crippen LogP contribution >= 0.6 is 11.6 Å². The number of nitrogens with two attached hydrogens (primary N) is 1.